The Balaban J connectivity index is 1.32. The number of rotatable bonds is 7. The van der Waals surface area contributed by atoms with Crippen molar-refractivity contribution in [3.8, 4) is 5.75 Å². The highest BCUT2D eigenvalue weighted by molar-refractivity contribution is 6.05. The summed E-state index contributed by atoms with van der Waals surface area (Å²) in [5, 5.41) is 11.5. The fraction of sp³-hybridized carbons (Fsp3) is 0.308. The Hall–Kier alpha value is -3.94. The first-order valence-corrected chi connectivity index (χ1v) is 11.3. The normalized spacial score (nSPS) is 17.5. The summed E-state index contributed by atoms with van der Waals surface area (Å²) in [6, 6.07) is 20.3. The van der Waals surface area contributed by atoms with Gasteiger partial charge in [-0.2, -0.15) is 0 Å². The van der Waals surface area contributed by atoms with Gasteiger partial charge in [0, 0.05) is 18.3 Å². The van der Waals surface area contributed by atoms with E-state index < -0.39 is 0 Å². The first kappa shape index (κ1) is 23.2. The Morgan fingerprint density at radius 1 is 0.912 bits per heavy atom. The van der Waals surface area contributed by atoms with Crippen molar-refractivity contribution in [1.29, 1.82) is 0 Å². The fourth-order valence-corrected chi connectivity index (χ4v) is 3.99. The molecule has 8 nitrogen and oxygen atoms in total. The molecule has 0 atom stereocenters. The minimum atomic E-state index is -0.191. The van der Waals surface area contributed by atoms with Crippen molar-refractivity contribution >= 4 is 29.2 Å². The van der Waals surface area contributed by atoms with Gasteiger partial charge in [-0.15, -0.1) is 10.2 Å². The highest BCUT2D eigenvalue weighted by atomic mass is 16.5. The number of hydrogen-bond donors (Lipinski definition) is 1. The maximum absolute atomic E-state index is 12.9. The molecule has 0 saturated heterocycles. The third-order valence-electron chi connectivity index (χ3n) is 5.96. The lowest BCUT2D eigenvalue weighted by Crippen LogP contribution is -2.28. The van der Waals surface area contributed by atoms with Gasteiger partial charge in [0.05, 0.1) is 19.1 Å². The second-order valence-electron chi connectivity index (χ2n) is 8.27. The van der Waals surface area contributed by atoms with Crippen molar-refractivity contribution in [3.05, 3.63) is 72.3 Å². The number of amides is 1. The molecule has 0 radical (unpaired) electrons. The summed E-state index contributed by atoms with van der Waals surface area (Å²) in [6.07, 6.45) is 3.19. The average Bonchev–Trinajstić information content (AvgIpc) is 2.89. The van der Waals surface area contributed by atoms with Crippen LogP contribution in [-0.4, -0.2) is 42.3 Å². The van der Waals surface area contributed by atoms with E-state index in [9.17, 15) is 9.59 Å². The van der Waals surface area contributed by atoms with Gasteiger partial charge in [-0.1, -0.05) is 18.2 Å². The zero-order valence-electron chi connectivity index (χ0n) is 19.3. The lowest BCUT2D eigenvalue weighted by molar-refractivity contribution is -0.147. The zero-order valence-corrected chi connectivity index (χ0v) is 19.3. The molecule has 1 heterocycles. The number of benzene rings is 2. The van der Waals surface area contributed by atoms with E-state index in [0.29, 0.717) is 22.9 Å². The summed E-state index contributed by atoms with van der Waals surface area (Å²) < 4.78 is 10.9. The summed E-state index contributed by atoms with van der Waals surface area (Å²) in [7, 11) is 3.09. The number of carbonyl (C=O) groups excluding carboxylic acids is 2. The molecule has 0 bridgehead atoms. The number of nitrogens with one attached hydrogen (secondary N) is 1. The van der Waals surface area contributed by atoms with Crippen LogP contribution in [0.25, 0.3) is 0 Å². The highest BCUT2D eigenvalue weighted by Gasteiger charge is 2.28. The van der Waals surface area contributed by atoms with Crippen molar-refractivity contribution < 1.29 is 19.1 Å². The molecule has 0 unspecified atom stereocenters. The minimum absolute atomic E-state index is 0.0355. The van der Waals surface area contributed by atoms with Gasteiger partial charge >= 0.3 is 5.97 Å². The van der Waals surface area contributed by atoms with E-state index in [-0.39, 0.29) is 23.9 Å². The van der Waals surface area contributed by atoms with E-state index in [1.54, 1.807) is 43.4 Å². The number of aromatic nitrogens is 2. The number of anilines is 3. The molecule has 34 heavy (non-hydrogen) atoms. The van der Waals surface area contributed by atoms with Crippen LogP contribution in [0.4, 0.5) is 17.3 Å². The van der Waals surface area contributed by atoms with Gasteiger partial charge in [-0.05, 0) is 74.2 Å². The first-order chi connectivity index (χ1) is 16.5. The van der Waals surface area contributed by atoms with Crippen molar-refractivity contribution in [2.24, 2.45) is 5.92 Å². The van der Waals surface area contributed by atoms with E-state index in [4.69, 9.17) is 9.47 Å². The molecule has 0 aliphatic heterocycles. The van der Waals surface area contributed by atoms with E-state index >= 15 is 0 Å². The predicted molar refractivity (Wildman–Crippen MR) is 129 cm³/mol. The van der Waals surface area contributed by atoms with E-state index in [2.05, 4.69) is 15.5 Å². The Labute approximate surface area is 198 Å². The van der Waals surface area contributed by atoms with Crippen LogP contribution in [0.2, 0.25) is 0 Å². The maximum Gasteiger partial charge on any atom is 0.308 e. The molecular formula is C26H28N4O4. The molecule has 1 aliphatic rings. The van der Waals surface area contributed by atoms with Crippen LogP contribution < -0.4 is 15.0 Å². The maximum atomic E-state index is 12.9. The number of esters is 1. The molecular weight excluding hydrogens is 432 g/mol. The first-order valence-electron chi connectivity index (χ1n) is 11.3. The number of ether oxygens (including phenoxy) is 2. The van der Waals surface area contributed by atoms with Crippen LogP contribution in [0, 0.1) is 5.92 Å². The number of para-hydroxylation sites is 1. The number of methoxy groups -OCH3 is 1. The fourth-order valence-electron chi connectivity index (χ4n) is 3.99. The van der Waals surface area contributed by atoms with Crippen LogP contribution in [0.3, 0.4) is 0 Å². The van der Waals surface area contributed by atoms with Gasteiger partial charge in [-0.25, -0.2) is 0 Å². The lowest BCUT2D eigenvalue weighted by Gasteiger charge is -2.27. The van der Waals surface area contributed by atoms with Gasteiger partial charge in [-0.3, -0.25) is 14.5 Å². The third-order valence-corrected chi connectivity index (χ3v) is 5.96. The molecule has 0 spiro atoms. The molecule has 2 aromatic carbocycles. The monoisotopic (exact) mass is 460 g/mol. The molecule has 1 N–H and O–H groups in total. The molecule has 1 aromatic heterocycles. The highest BCUT2D eigenvalue weighted by Crippen LogP contribution is 2.28. The van der Waals surface area contributed by atoms with Crippen LogP contribution >= 0.6 is 0 Å². The van der Waals surface area contributed by atoms with Crippen molar-refractivity contribution in [1.82, 2.24) is 10.2 Å². The molecule has 3 aromatic rings. The van der Waals surface area contributed by atoms with Crippen molar-refractivity contribution in [2.75, 3.05) is 24.4 Å². The lowest BCUT2D eigenvalue weighted by atomic mass is 9.87. The summed E-state index contributed by atoms with van der Waals surface area (Å²) in [5.41, 5.74) is 1.44. The summed E-state index contributed by atoms with van der Waals surface area (Å²) in [5.74, 6) is 1.38. The second kappa shape index (κ2) is 10.8. The number of nitrogens with zero attached hydrogens (tertiary/aromatic N) is 3. The molecule has 4 rings (SSSR count). The van der Waals surface area contributed by atoms with Gasteiger partial charge in [0.15, 0.2) is 11.6 Å². The van der Waals surface area contributed by atoms with Crippen LogP contribution in [-0.2, 0) is 9.53 Å². The average molecular weight is 461 g/mol. The summed E-state index contributed by atoms with van der Waals surface area (Å²) in [4.78, 5) is 26.0. The van der Waals surface area contributed by atoms with Gasteiger partial charge in [0.2, 0.25) is 0 Å². The molecule has 1 fully saturated rings. The molecule has 176 valence electrons. The minimum Gasteiger partial charge on any atom is -0.490 e. The van der Waals surface area contributed by atoms with E-state index in [0.717, 1.165) is 31.4 Å². The summed E-state index contributed by atoms with van der Waals surface area (Å²) >= 11 is 0. The Morgan fingerprint density at radius 2 is 1.62 bits per heavy atom. The van der Waals surface area contributed by atoms with Gasteiger partial charge < -0.3 is 14.8 Å². The molecule has 1 aliphatic carbocycles. The molecule has 1 amide bonds. The predicted octanol–water partition coefficient (Wildman–Crippen LogP) is 4.61. The SMILES string of the molecule is COC(=O)C1CCC(Oc2ccc(C(=O)N(C)c3ccc(Nc4ccccc4)nn3)cc2)CC1. The Bertz CT molecular complexity index is 1100. The number of carbonyl (C=O) groups is 2. The van der Waals surface area contributed by atoms with Crippen molar-refractivity contribution in [2.45, 2.75) is 31.8 Å². The smallest absolute Gasteiger partial charge is 0.308 e. The van der Waals surface area contributed by atoms with Crippen LogP contribution in [0.5, 0.6) is 5.75 Å². The topological polar surface area (TPSA) is 93.7 Å². The van der Waals surface area contributed by atoms with Gasteiger partial charge in [0.1, 0.15) is 5.75 Å². The zero-order chi connectivity index (χ0) is 23.9. The van der Waals surface area contributed by atoms with Crippen LogP contribution in [0.1, 0.15) is 36.0 Å². The summed E-state index contributed by atoms with van der Waals surface area (Å²) in [6.45, 7) is 0. The quantitative estimate of drug-likeness (QED) is 0.515. The van der Waals surface area contributed by atoms with Crippen LogP contribution in [0.15, 0.2) is 66.7 Å². The van der Waals surface area contributed by atoms with Crippen molar-refractivity contribution in [3.63, 3.8) is 0 Å². The second-order valence-corrected chi connectivity index (χ2v) is 8.27. The van der Waals surface area contributed by atoms with E-state index in [1.165, 1.54) is 12.0 Å². The van der Waals surface area contributed by atoms with Gasteiger partial charge in [0.25, 0.3) is 5.91 Å². The van der Waals surface area contributed by atoms with E-state index in [1.807, 2.05) is 30.3 Å². The third kappa shape index (κ3) is 5.70. The Kier molecular flexibility index (Phi) is 7.37. The molecule has 8 heteroatoms. The Morgan fingerprint density at radius 3 is 2.24 bits per heavy atom. The number of hydrogen-bond acceptors (Lipinski definition) is 7. The largest absolute Gasteiger partial charge is 0.490 e. The standard InChI is InChI=1S/C26H28N4O4/c1-30(24-17-16-23(28-29-24)27-20-6-4-3-5-7-20)25(31)18-8-12-21(13-9-18)34-22-14-10-19(11-15-22)26(32)33-2/h3-9,12-13,16-17,19,22H,10-11,14-15H2,1-2H3,(H,27,28). The molecule has 1 saturated carbocycles.